The van der Waals surface area contributed by atoms with E-state index in [1.165, 1.54) is 0 Å². The van der Waals surface area contributed by atoms with Gasteiger partial charge in [0.25, 0.3) is 5.91 Å². The average Bonchev–Trinajstić information content (AvgIpc) is 3.71. The quantitative estimate of drug-likeness (QED) is 0.427. The van der Waals surface area contributed by atoms with Crippen molar-refractivity contribution in [2.24, 2.45) is 0 Å². The zero-order chi connectivity index (χ0) is 27.1. The molecule has 3 N–H and O–H groups in total. The highest BCUT2D eigenvalue weighted by Gasteiger charge is 2.51. The van der Waals surface area contributed by atoms with E-state index in [1.807, 2.05) is 36.4 Å². The molecule has 1 aromatic heterocycles. The summed E-state index contributed by atoms with van der Waals surface area (Å²) < 4.78 is 17.7. The Labute approximate surface area is 226 Å². The van der Waals surface area contributed by atoms with Crippen LogP contribution < -0.4 is 14.8 Å². The number of amides is 2. The van der Waals surface area contributed by atoms with Gasteiger partial charge in [0.05, 0.1) is 25.7 Å². The lowest BCUT2D eigenvalue weighted by atomic mass is 9.77. The van der Waals surface area contributed by atoms with Crippen molar-refractivity contribution >= 4 is 22.8 Å². The molecule has 0 radical (unpaired) electrons. The largest absolute Gasteiger partial charge is 0.493 e. The number of carbonyl (C=O) groups is 2. The van der Waals surface area contributed by atoms with Crippen LogP contribution in [0.15, 0.2) is 64.6 Å². The van der Waals surface area contributed by atoms with Crippen LogP contribution in [0.5, 0.6) is 11.5 Å². The Balaban J connectivity index is 1.43. The minimum Gasteiger partial charge on any atom is -0.493 e. The number of para-hydroxylation sites is 2. The summed E-state index contributed by atoms with van der Waals surface area (Å²) in [6.07, 6.45) is 3.38. The third-order valence-corrected chi connectivity index (χ3v) is 8.09. The van der Waals surface area contributed by atoms with Gasteiger partial charge in [-0.05, 0) is 37.1 Å². The fourth-order valence-electron chi connectivity index (χ4n) is 6.32. The van der Waals surface area contributed by atoms with E-state index in [1.54, 1.807) is 30.2 Å². The van der Waals surface area contributed by atoms with Crippen LogP contribution in [0.1, 0.15) is 47.7 Å². The maximum absolute atomic E-state index is 14.2. The standard InChI is InChI=1S/C30H32N2O7/c1-37-23-12-6-7-17-15-24(39-27(17)23)30(36)32(18-8-2-3-9-18)21-16-20(29(35)31-13-14-33)25-19-10-4-5-11-22(19)38-28(25)26(21)34/h4-7,10-12,15-16,18,21,25-26,28,33-34H,2-3,8-9,13-14H2,1H3,(H,31,35). The lowest BCUT2D eigenvalue weighted by Crippen LogP contribution is -2.58. The summed E-state index contributed by atoms with van der Waals surface area (Å²) in [4.78, 5) is 29.2. The van der Waals surface area contributed by atoms with Gasteiger partial charge in [-0.2, -0.15) is 0 Å². The van der Waals surface area contributed by atoms with Crippen molar-refractivity contribution in [2.45, 2.75) is 55.9 Å². The summed E-state index contributed by atoms with van der Waals surface area (Å²) >= 11 is 0. The normalized spacial score (nSPS) is 24.0. The molecule has 1 saturated carbocycles. The summed E-state index contributed by atoms with van der Waals surface area (Å²) in [7, 11) is 1.55. The molecule has 2 amide bonds. The third-order valence-electron chi connectivity index (χ3n) is 8.09. The van der Waals surface area contributed by atoms with Crippen molar-refractivity contribution in [3.05, 3.63) is 71.5 Å². The maximum Gasteiger partial charge on any atom is 0.290 e. The zero-order valence-electron chi connectivity index (χ0n) is 21.7. The highest BCUT2D eigenvalue weighted by Crippen LogP contribution is 2.48. The highest BCUT2D eigenvalue weighted by atomic mass is 16.5. The van der Waals surface area contributed by atoms with Crippen LogP contribution >= 0.6 is 0 Å². The first-order valence-corrected chi connectivity index (χ1v) is 13.5. The van der Waals surface area contributed by atoms with E-state index in [0.29, 0.717) is 22.7 Å². The van der Waals surface area contributed by atoms with Crippen molar-refractivity contribution in [2.75, 3.05) is 20.3 Å². The summed E-state index contributed by atoms with van der Waals surface area (Å²) in [6, 6.07) is 13.6. The number of hydrogen-bond donors (Lipinski definition) is 3. The van der Waals surface area contributed by atoms with Gasteiger partial charge in [0.15, 0.2) is 17.1 Å². The molecule has 6 rings (SSSR count). The SMILES string of the molecule is COc1cccc2cc(C(=O)N(C3CCCC3)C3C=C(C(=O)NCCO)C4c5ccccc5OC4C3O)oc12. The monoisotopic (exact) mass is 532 g/mol. The average molecular weight is 533 g/mol. The van der Waals surface area contributed by atoms with Gasteiger partial charge in [0.2, 0.25) is 5.91 Å². The molecule has 2 aliphatic carbocycles. The van der Waals surface area contributed by atoms with Crippen LogP contribution in [0.3, 0.4) is 0 Å². The Hall–Kier alpha value is -3.82. The summed E-state index contributed by atoms with van der Waals surface area (Å²) in [5.74, 6) is 0.0665. The third kappa shape index (κ3) is 4.35. The Morgan fingerprint density at radius 3 is 2.69 bits per heavy atom. The topological polar surface area (TPSA) is 121 Å². The molecule has 3 aromatic rings. The Bertz CT molecular complexity index is 1420. The molecule has 0 saturated heterocycles. The number of hydrogen-bond acceptors (Lipinski definition) is 7. The molecule has 9 heteroatoms. The fraction of sp³-hybridized carbons (Fsp3) is 0.400. The first-order valence-electron chi connectivity index (χ1n) is 13.5. The van der Waals surface area contributed by atoms with Crippen molar-refractivity contribution < 1.29 is 33.7 Å². The number of benzene rings is 2. The lowest BCUT2D eigenvalue weighted by Gasteiger charge is -2.42. The van der Waals surface area contributed by atoms with Crippen molar-refractivity contribution in [3.63, 3.8) is 0 Å². The first-order chi connectivity index (χ1) is 19.0. The smallest absolute Gasteiger partial charge is 0.290 e. The molecular weight excluding hydrogens is 500 g/mol. The van der Waals surface area contributed by atoms with Gasteiger partial charge in [-0.15, -0.1) is 0 Å². The van der Waals surface area contributed by atoms with Gasteiger partial charge in [-0.1, -0.05) is 43.2 Å². The molecular formula is C30H32N2O7. The minimum atomic E-state index is -1.08. The van der Waals surface area contributed by atoms with Gasteiger partial charge in [-0.25, -0.2) is 0 Å². The second-order valence-electron chi connectivity index (χ2n) is 10.3. The summed E-state index contributed by atoms with van der Waals surface area (Å²) in [6.45, 7) is -0.107. The van der Waals surface area contributed by atoms with E-state index in [0.717, 1.165) is 36.6 Å². The molecule has 39 heavy (non-hydrogen) atoms. The Morgan fingerprint density at radius 1 is 1.13 bits per heavy atom. The summed E-state index contributed by atoms with van der Waals surface area (Å²) in [5.41, 5.74) is 1.71. The van der Waals surface area contributed by atoms with Gasteiger partial charge in [0, 0.05) is 29.1 Å². The zero-order valence-corrected chi connectivity index (χ0v) is 21.7. The van der Waals surface area contributed by atoms with E-state index in [9.17, 15) is 19.8 Å². The van der Waals surface area contributed by atoms with E-state index < -0.39 is 24.2 Å². The van der Waals surface area contributed by atoms with Crippen molar-refractivity contribution in [1.82, 2.24) is 10.2 Å². The van der Waals surface area contributed by atoms with Crippen LogP contribution in [0, 0.1) is 0 Å². The molecule has 204 valence electrons. The minimum absolute atomic E-state index is 0.0926. The molecule has 2 heterocycles. The van der Waals surface area contributed by atoms with Crippen LogP contribution in [0.2, 0.25) is 0 Å². The molecule has 0 bridgehead atoms. The Morgan fingerprint density at radius 2 is 1.92 bits per heavy atom. The Kier molecular flexibility index (Phi) is 6.78. The van der Waals surface area contributed by atoms with Crippen LogP contribution in [-0.4, -0.2) is 71.5 Å². The molecule has 4 unspecified atom stereocenters. The lowest BCUT2D eigenvalue weighted by molar-refractivity contribution is -0.118. The second-order valence-corrected chi connectivity index (χ2v) is 10.3. The molecule has 0 spiro atoms. The van der Waals surface area contributed by atoms with E-state index in [-0.39, 0.29) is 36.8 Å². The molecule has 1 fully saturated rings. The number of aliphatic hydroxyl groups excluding tert-OH is 2. The second kappa shape index (κ2) is 10.4. The van der Waals surface area contributed by atoms with Crippen molar-refractivity contribution in [1.29, 1.82) is 0 Å². The van der Waals surface area contributed by atoms with Crippen molar-refractivity contribution in [3.8, 4) is 11.5 Å². The van der Waals surface area contributed by atoms with Gasteiger partial charge < -0.3 is 34.3 Å². The molecule has 4 atom stereocenters. The number of furan rings is 1. The first kappa shape index (κ1) is 25.5. The highest BCUT2D eigenvalue weighted by molar-refractivity contribution is 5.99. The fourth-order valence-corrected chi connectivity index (χ4v) is 6.32. The number of aliphatic hydroxyl groups is 2. The number of methoxy groups -OCH3 is 1. The predicted octanol–water partition coefficient (Wildman–Crippen LogP) is 3.15. The molecule has 1 aliphatic heterocycles. The van der Waals surface area contributed by atoms with Crippen LogP contribution in [-0.2, 0) is 4.79 Å². The van der Waals surface area contributed by atoms with E-state index in [2.05, 4.69) is 5.32 Å². The number of ether oxygens (including phenoxy) is 2. The van der Waals surface area contributed by atoms with E-state index >= 15 is 0 Å². The molecule has 9 nitrogen and oxygen atoms in total. The van der Waals surface area contributed by atoms with E-state index in [4.69, 9.17) is 13.9 Å². The number of rotatable bonds is 7. The number of nitrogens with zero attached hydrogens (tertiary/aromatic N) is 1. The number of nitrogens with one attached hydrogen (secondary N) is 1. The van der Waals surface area contributed by atoms with Crippen LogP contribution in [0.4, 0.5) is 0 Å². The number of carbonyl (C=O) groups excluding carboxylic acids is 2. The maximum atomic E-state index is 14.2. The summed E-state index contributed by atoms with van der Waals surface area (Å²) in [5, 5.41) is 24.5. The van der Waals surface area contributed by atoms with Gasteiger partial charge in [-0.3, -0.25) is 9.59 Å². The van der Waals surface area contributed by atoms with Gasteiger partial charge >= 0.3 is 0 Å². The predicted molar refractivity (Wildman–Crippen MR) is 143 cm³/mol. The molecule has 3 aliphatic rings. The van der Waals surface area contributed by atoms with Gasteiger partial charge in [0.1, 0.15) is 18.0 Å². The number of fused-ring (bicyclic) bond motifs is 4. The van der Waals surface area contributed by atoms with Crippen LogP contribution in [0.25, 0.3) is 11.0 Å². The molecule has 2 aromatic carbocycles.